The molecule has 0 spiro atoms. The third-order valence-electron chi connectivity index (χ3n) is 4.13. The Morgan fingerprint density at radius 1 is 1.27 bits per heavy atom. The van der Waals surface area contributed by atoms with Crippen LogP contribution in [0.3, 0.4) is 0 Å². The highest BCUT2D eigenvalue weighted by molar-refractivity contribution is 5.89. The van der Waals surface area contributed by atoms with Gasteiger partial charge in [-0.2, -0.15) is 18.2 Å². The number of nitrogens with zero attached hydrogens (tertiary/aromatic N) is 4. The average Bonchev–Trinajstić information content (AvgIpc) is 3.12. The van der Waals surface area contributed by atoms with Crippen LogP contribution in [0.4, 0.5) is 24.9 Å². The van der Waals surface area contributed by atoms with Crippen LogP contribution in [-0.2, 0) is 19.1 Å². The largest absolute Gasteiger partial charge is 0.419 e. The second kappa shape index (κ2) is 6.54. The molecule has 0 saturated carbocycles. The zero-order chi connectivity index (χ0) is 19.1. The molecule has 0 aliphatic rings. The summed E-state index contributed by atoms with van der Waals surface area (Å²) in [6, 6.07) is 4.80. The number of rotatable bonds is 5. The lowest BCUT2D eigenvalue weighted by Crippen LogP contribution is -2.10. The number of nitrogens with two attached hydrogens (primary N) is 1. The lowest BCUT2D eigenvalue weighted by atomic mass is 10.1. The third kappa shape index (κ3) is 3.21. The fourth-order valence-corrected chi connectivity index (χ4v) is 3.00. The van der Waals surface area contributed by atoms with E-state index in [1.807, 2.05) is 6.92 Å². The van der Waals surface area contributed by atoms with Crippen molar-refractivity contribution in [1.82, 2.24) is 14.7 Å². The Kier molecular flexibility index (Phi) is 4.55. The highest BCUT2D eigenvalue weighted by Crippen LogP contribution is 2.40. The van der Waals surface area contributed by atoms with Gasteiger partial charge in [-0.3, -0.25) is 0 Å². The van der Waals surface area contributed by atoms with Gasteiger partial charge in [-0.1, -0.05) is 18.5 Å². The summed E-state index contributed by atoms with van der Waals surface area (Å²) in [4.78, 5) is 5.93. The average molecular weight is 367 g/mol. The van der Waals surface area contributed by atoms with Crippen molar-refractivity contribution in [3.05, 3.63) is 35.3 Å². The number of hydrogen-bond acceptors (Lipinski definition) is 5. The van der Waals surface area contributed by atoms with Gasteiger partial charge in [0.05, 0.1) is 12.1 Å². The maximum atomic E-state index is 13.5. The van der Waals surface area contributed by atoms with Gasteiger partial charge in [0.25, 0.3) is 0 Å². The van der Waals surface area contributed by atoms with E-state index in [1.165, 1.54) is 6.07 Å². The number of fused-ring (bicyclic) bond motifs is 1. The first-order valence-corrected chi connectivity index (χ1v) is 8.20. The quantitative estimate of drug-likeness (QED) is 0.696. The highest BCUT2D eigenvalue weighted by Gasteiger charge is 2.36. The van der Waals surface area contributed by atoms with Crippen LogP contribution in [-0.4, -0.2) is 28.8 Å². The topological polar surface area (TPSA) is 73.1 Å². The summed E-state index contributed by atoms with van der Waals surface area (Å²) in [5, 5.41) is 4.01. The number of benzene rings is 1. The van der Waals surface area contributed by atoms with E-state index in [4.69, 9.17) is 10.3 Å². The molecule has 0 saturated heterocycles. The molecule has 3 aromatic rings. The van der Waals surface area contributed by atoms with Crippen molar-refractivity contribution in [2.45, 2.75) is 32.5 Å². The summed E-state index contributed by atoms with van der Waals surface area (Å²) in [6.07, 6.45) is -3.10. The number of anilines is 2. The van der Waals surface area contributed by atoms with Crippen LogP contribution in [0.1, 0.15) is 30.4 Å². The minimum atomic E-state index is -4.52. The van der Waals surface area contributed by atoms with Crippen molar-refractivity contribution in [2.75, 3.05) is 24.7 Å². The maximum absolute atomic E-state index is 13.5. The van der Waals surface area contributed by atoms with Crippen LogP contribution >= 0.6 is 0 Å². The van der Waals surface area contributed by atoms with Gasteiger partial charge in [0, 0.05) is 36.4 Å². The molecule has 6 nitrogen and oxygen atoms in total. The SMILES string of the molecule is CCCc1cc2c(C(F)(F)F)c(N)ccc2n1Cc1noc(N(C)C)n1. The van der Waals surface area contributed by atoms with Gasteiger partial charge in [-0.25, -0.2) is 0 Å². The van der Waals surface area contributed by atoms with Crippen LogP contribution in [0.15, 0.2) is 22.7 Å². The van der Waals surface area contributed by atoms with Crippen molar-refractivity contribution in [3.63, 3.8) is 0 Å². The number of aryl methyl sites for hydroxylation is 1. The Morgan fingerprint density at radius 2 is 2.00 bits per heavy atom. The summed E-state index contributed by atoms with van der Waals surface area (Å²) >= 11 is 0. The van der Waals surface area contributed by atoms with Gasteiger partial charge in [-0.05, 0) is 24.6 Å². The van der Waals surface area contributed by atoms with E-state index in [1.54, 1.807) is 35.7 Å². The number of nitrogen functional groups attached to an aromatic ring is 1. The zero-order valence-corrected chi connectivity index (χ0v) is 14.8. The fourth-order valence-electron chi connectivity index (χ4n) is 3.00. The molecule has 0 unspecified atom stereocenters. The van der Waals surface area contributed by atoms with Crippen molar-refractivity contribution in [1.29, 1.82) is 0 Å². The van der Waals surface area contributed by atoms with E-state index >= 15 is 0 Å². The van der Waals surface area contributed by atoms with Gasteiger partial charge in [0.15, 0.2) is 5.82 Å². The summed E-state index contributed by atoms with van der Waals surface area (Å²) in [5.41, 5.74) is 5.77. The molecule has 1 aromatic carbocycles. The minimum Gasteiger partial charge on any atom is -0.398 e. The Balaban J connectivity index is 2.15. The number of alkyl halides is 3. The van der Waals surface area contributed by atoms with Crippen molar-refractivity contribution in [3.8, 4) is 0 Å². The Hall–Kier alpha value is -2.71. The molecule has 0 aliphatic heterocycles. The molecule has 2 N–H and O–H groups in total. The smallest absolute Gasteiger partial charge is 0.398 e. The first kappa shape index (κ1) is 18.1. The maximum Gasteiger partial charge on any atom is 0.419 e. The highest BCUT2D eigenvalue weighted by atomic mass is 19.4. The molecule has 2 heterocycles. The molecule has 140 valence electrons. The van der Waals surface area contributed by atoms with Crippen LogP contribution in [0.25, 0.3) is 10.9 Å². The molecule has 0 atom stereocenters. The van der Waals surface area contributed by atoms with E-state index < -0.39 is 11.7 Å². The van der Waals surface area contributed by atoms with E-state index in [0.29, 0.717) is 23.8 Å². The summed E-state index contributed by atoms with van der Waals surface area (Å²) in [5.74, 6) is 0.397. The van der Waals surface area contributed by atoms with Crippen LogP contribution in [0.2, 0.25) is 0 Å². The number of hydrogen-bond donors (Lipinski definition) is 1. The van der Waals surface area contributed by atoms with Crippen LogP contribution in [0, 0.1) is 0 Å². The summed E-state index contributed by atoms with van der Waals surface area (Å²) in [6.45, 7) is 2.19. The van der Waals surface area contributed by atoms with E-state index in [0.717, 1.165) is 12.1 Å². The van der Waals surface area contributed by atoms with Gasteiger partial charge in [0.1, 0.15) is 0 Å². The number of halogens is 3. The lowest BCUT2D eigenvalue weighted by molar-refractivity contribution is -0.135. The monoisotopic (exact) mass is 367 g/mol. The molecule has 0 fully saturated rings. The predicted molar refractivity (Wildman–Crippen MR) is 93.1 cm³/mol. The first-order chi connectivity index (χ1) is 12.2. The molecule has 2 aromatic heterocycles. The predicted octanol–water partition coefficient (Wildman–Crippen LogP) is 3.69. The second-order valence-corrected chi connectivity index (χ2v) is 6.32. The van der Waals surface area contributed by atoms with Crippen molar-refractivity contribution in [2.24, 2.45) is 0 Å². The molecule has 9 heteroatoms. The fraction of sp³-hybridized carbons (Fsp3) is 0.412. The van der Waals surface area contributed by atoms with E-state index in [-0.39, 0.29) is 17.6 Å². The summed E-state index contributed by atoms with van der Waals surface area (Å²) in [7, 11) is 3.53. The molecule has 0 bridgehead atoms. The number of aromatic nitrogens is 3. The standard InChI is InChI=1S/C17H20F3N5O/c1-4-5-10-8-11-13(7-6-12(21)15(11)17(18,19)20)25(10)9-14-22-16(24(2)3)26-23-14/h6-8H,4-5,9,21H2,1-3H3. The zero-order valence-electron chi connectivity index (χ0n) is 14.8. The molecule has 0 amide bonds. The normalized spacial score (nSPS) is 12.1. The molecule has 0 radical (unpaired) electrons. The first-order valence-electron chi connectivity index (χ1n) is 8.20. The van der Waals surface area contributed by atoms with Gasteiger partial charge in [0.2, 0.25) is 0 Å². The molecular formula is C17H20F3N5O. The Labute approximate surface area is 148 Å². The Bertz CT molecular complexity index is 927. The van der Waals surface area contributed by atoms with E-state index in [2.05, 4.69) is 10.1 Å². The van der Waals surface area contributed by atoms with Gasteiger partial charge in [-0.15, -0.1) is 0 Å². The van der Waals surface area contributed by atoms with Gasteiger partial charge < -0.3 is 19.7 Å². The molecule has 3 rings (SSSR count). The van der Waals surface area contributed by atoms with Crippen molar-refractivity contribution < 1.29 is 17.7 Å². The molecule has 0 aliphatic carbocycles. The molecular weight excluding hydrogens is 347 g/mol. The van der Waals surface area contributed by atoms with Crippen molar-refractivity contribution >= 4 is 22.6 Å². The van der Waals surface area contributed by atoms with Crippen LogP contribution < -0.4 is 10.6 Å². The lowest BCUT2D eigenvalue weighted by Gasteiger charge is -2.12. The molecule has 26 heavy (non-hydrogen) atoms. The Morgan fingerprint density at radius 3 is 2.58 bits per heavy atom. The van der Waals surface area contributed by atoms with Crippen LogP contribution in [0.5, 0.6) is 0 Å². The van der Waals surface area contributed by atoms with Gasteiger partial charge >= 0.3 is 12.2 Å². The second-order valence-electron chi connectivity index (χ2n) is 6.32. The minimum absolute atomic E-state index is 0.0947. The summed E-state index contributed by atoms with van der Waals surface area (Å²) < 4.78 is 47.4. The third-order valence-corrected chi connectivity index (χ3v) is 4.13. The van der Waals surface area contributed by atoms with E-state index in [9.17, 15) is 13.2 Å².